The van der Waals surface area contributed by atoms with Crippen LogP contribution >= 0.6 is 0 Å². The SMILES string of the molecule is C=C1CCC(C(C)C)C/C=C(\C)[C@@H](O)CC1. The van der Waals surface area contributed by atoms with Crippen LogP contribution in [0.25, 0.3) is 0 Å². The monoisotopic (exact) mass is 222 g/mol. The first-order valence-electron chi connectivity index (χ1n) is 6.52. The van der Waals surface area contributed by atoms with Crippen LogP contribution in [-0.4, -0.2) is 11.2 Å². The van der Waals surface area contributed by atoms with Crippen molar-refractivity contribution in [2.45, 2.75) is 59.0 Å². The summed E-state index contributed by atoms with van der Waals surface area (Å²) < 4.78 is 0. The van der Waals surface area contributed by atoms with Crippen molar-refractivity contribution in [3.8, 4) is 0 Å². The second kappa shape index (κ2) is 6.24. The average Bonchev–Trinajstić information content (AvgIpc) is 2.23. The van der Waals surface area contributed by atoms with E-state index < -0.39 is 0 Å². The standard InChI is InChI=1S/C15H26O/c1-11(2)14-8-5-12(3)6-10-15(16)13(4)7-9-14/h7,11,14-16H,3,5-6,8-10H2,1-2,4H3/b13-7+/t14?,15-/m0/s1. The summed E-state index contributed by atoms with van der Waals surface area (Å²) in [7, 11) is 0. The lowest BCUT2D eigenvalue weighted by Crippen LogP contribution is -2.13. The van der Waals surface area contributed by atoms with Crippen LogP contribution in [0.2, 0.25) is 0 Å². The van der Waals surface area contributed by atoms with Crippen molar-refractivity contribution in [1.29, 1.82) is 0 Å². The molecule has 0 aromatic carbocycles. The van der Waals surface area contributed by atoms with Gasteiger partial charge < -0.3 is 5.11 Å². The second-order valence-electron chi connectivity index (χ2n) is 5.53. The smallest absolute Gasteiger partial charge is 0.0750 e. The van der Waals surface area contributed by atoms with Crippen molar-refractivity contribution in [2.75, 3.05) is 0 Å². The highest BCUT2D eigenvalue weighted by molar-refractivity contribution is 5.08. The van der Waals surface area contributed by atoms with Crippen LogP contribution in [-0.2, 0) is 0 Å². The van der Waals surface area contributed by atoms with Crippen LogP contribution in [0.3, 0.4) is 0 Å². The van der Waals surface area contributed by atoms with Crippen LogP contribution in [0.5, 0.6) is 0 Å². The van der Waals surface area contributed by atoms with E-state index in [-0.39, 0.29) is 6.10 Å². The van der Waals surface area contributed by atoms with E-state index in [0.29, 0.717) is 5.92 Å². The molecule has 0 saturated heterocycles. The molecule has 0 fully saturated rings. The van der Waals surface area contributed by atoms with E-state index in [2.05, 4.69) is 26.5 Å². The van der Waals surface area contributed by atoms with Gasteiger partial charge in [-0.2, -0.15) is 0 Å². The lowest BCUT2D eigenvalue weighted by Gasteiger charge is -2.23. The molecule has 0 aromatic heterocycles. The molecule has 1 rings (SSSR count). The molecule has 0 bridgehead atoms. The van der Waals surface area contributed by atoms with Gasteiger partial charge in [0, 0.05) is 0 Å². The molecule has 0 aliphatic heterocycles. The molecule has 1 aliphatic carbocycles. The summed E-state index contributed by atoms with van der Waals surface area (Å²) in [4.78, 5) is 0. The van der Waals surface area contributed by atoms with Gasteiger partial charge in [-0.3, -0.25) is 0 Å². The summed E-state index contributed by atoms with van der Waals surface area (Å²) in [6, 6.07) is 0. The number of rotatable bonds is 1. The van der Waals surface area contributed by atoms with E-state index in [9.17, 15) is 5.11 Å². The van der Waals surface area contributed by atoms with Gasteiger partial charge in [-0.1, -0.05) is 32.1 Å². The molecule has 0 spiro atoms. The summed E-state index contributed by atoms with van der Waals surface area (Å²) >= 11 is 0. The van der Waals surface area contributed by atoms with Crippen molar-refractivity contribution in [3.63, 3.8) is 0 Å². The van der Waals surface area contributed by atoms with Crippen LogP contribution < -0.4 is 0 Å². The molecule has 92 valence electrons. The van der Waals surface area contributed by atoms with E-state index in [4.69, 9.17) is 0 Å². The van der Waals surface area contributed by atoms with E-state index in [1.807, 2.05) is 6.92 Å². The van der Waals surface area contributed by atoms with Crippen molar-refractivity contribution in [1.82, 2.24) is 0 Å². The summed E-state index contributed by atoms with van der Waals surface area (Å²) in [6.45, 7) is 10.7. The molecular weight excluding hydrogens is 196 g/mol. The van der Waals surface area contributed by atoms with Crippen LogP contribution in [0.15, 0.2) is 23.8 Å². The van der Waals surface area contributed by atoms with Gasteiger partial charge in [-0.05, 0) is 56.4 Å². The number of hydrogen-bond donors (Lipinski definition) is 1. The molecule has 16 heavy (non-hydrogen) atoms. The summed E-state index contributed by atoms with van der Waals surface area (Å²) in [5.74, 6) is 1.45. The third-order valence-corrected chi connectivity index (χ3v) is 3.85. The minimum absolute atomic E-state index is 0.261. The zero-order chi connectivity index (χ0) is 12.1. The third kappa shape index (κ3) is 4.13. The number of hydrogen-bond acceptors (Lipinski definition) is 1. The van der Waals surface area contributed by atoms with Gasteiger partial charge in [0.05, 0.1) is 6.10 Å². The van der Waals surface area contributed by atoms with Gasteiger partial charge in [-0.15, -0.1) is 0 Å². The zero-order valence-corrected chi connectivity index (χ0v) is 11.0. The zero-order valence-electron chi connectivity index (χ0n) is 11.0. The molecular formula is C15H26O. The first kappa shape index (κ1) is 13.5. The highest BCUT2D eigenvalue weighted by Crippen LogP contribution is 2.27. The largest absolute Gasteiger partial charge is 0.389 e. The minimum Gasteiger partial charge on any atom is -0.389 e. The van der Waals surface area contributed by atoms with Gasteiger partial charge in [0.1, 0.15) is 0 Å². The molecule has 1 heteroatoms. The molecule has 0 radical (unpaired) electrons. The fourth-order valence-corrected chi connectivity index (χ4v) is 2.28. The fraction of sp³-hybridized carbons (Fsp3) is 0.733. The Bertz CT molecular complexity index is 263. The first-order chi connectivity index (χ1) is 7.50. The third-order valence-electron chi connectivity index (χ3n) is 3.85. The van der Waals surface area contributed by atoms with Crippen molar-refractivity contribution < 1.29 is 5.11 Å². The topological polar surface area (TPSA) is 20.2 Å². The van der Waals surface area contributed by atoms with Crippen LogP contribution in [0.4, 0.5) is 0 Å². The predicted octanol–water partition coefficient (Wildman–Crippen LogP) is 4.09. The lowest BCUT2D eigenvalue weighted by molar-refractivity contribution is 0.198. The van der Waals surface area contributed by atoms with Crippen molar-refractivity contribution in [2.24, 2.45) is 11.8 Å². The van der Waals surface area contributed by atoms with Crippen molar-refractivity contribution >= 4 is 0 Å². The Kier molecular flexibility index (Phi) is 5.27. The summed E-state index contributed by atoms with van der Waals surface area (Å²) in [6.07, 6.45) is 7.27. The Morgan fingerprint density at radius 3 is 2.56 bits per heavy atom. The van der Waals surface area contributed by atoms with Crippen LogP contribution in [0.1, 0.15) is 52.9 Å². The van der Waals surface area contributed by atoms with E-state index in [1.54, 1.807) is 0 Å². The first-order valence-corrected chi connectivity index (χ1v) is 6.52. The Morgan fingerprint density at radius 2 is 1.94 bits per heavy atom. The molecule has 0 amide bonds. The van der Waals surface area contributed by atoms with Gasteiger partial charge in [-0.25, -0.2) is 0 Å². The Hall–Kier alpha value is -0.560. The number of aliphatic hydroxyl groups excluding tert-OH is 1. The molecule has 2 atom stereocenters. The Balaban J connectivity index is 2.72. The molecule has 0 heterocycles. The molecule has 1 aliphatic rings. The maximum Gasteiger partial charge on any atom is 0.0750 e. The average molecular weight is 222 g/mol. The maximum atomic E-state index is 9.93. The maximum absolute atomic E-state index is 9.93. The molecule has 1 N–H and O–H groups in total. The van der Waals surface area contributed by atoms with Gasteiger partial charge in [0.15, 0.2) is 0 Å². The molecule has 1 unspecified atom stereocenters. The lowest BCUT2D eigenvalue weighted by atomic mass is 9.84. The van der Waals surface area contributed by atoms with E-state index in [1.165, 1.54) is 12.0 Å². The summed E-state index contributed by atoms with van der Waals surface area (Å²) in [5.41, 5.74) is 2.44. The van der Waals surface area contributed by atoms with Gasteiger partial charge in [0.2, 0.25) is 0 Å². The van der Waals surface area contributed by atoms with Crippen LogP contribution in [0, 0.1) is 11.8 Å². The molecule has 1 nitrogen and oxygen atoms in total. The highest BCUT2D eigenvalue weighted by Gasteiger charge is 2.16. The van der Waals surface area contributed by atoms with E-state index in [0.717, 1.165) is 37.2 Å². The second-order valence-corrected chi connectivity index (χ2v) is 5.53. The predicted molar refractivity (Wildman–Crippen MR) is 70.3 cm³/mol. The van der Waals surface area contributed by atoms with Crippen molar-refractivity contribution in [3.05, 3.63) is 23.8 Å². The normalized spacial score (nSPS) is 32.3. The van der Waals surface area contributed by atoms with Gasteiger partial charge in [0.25, 0.3) is 0 Å². The fourth-order valence-electron chi connectivity index (χ4n) is 2.28. The molecule has 0 aromatic rings. The Morgan fingerprint density at radius 1 is 1.31 bits per heavy atom. The van der Waals surface area contributed by atoms with Gasteiger partial charge >= 0.3 is 0 Å². The number of aliphatic hydroxyl groups is 1. The quantitative estimate of drug-likeness (QED) is 0.663. The summed E-state index contributed by atoms with van der Waals surface area (Å²) in [5, 5.41) is 9.93. The molecule has 0 saturated carbocycles. The minimum atomic E-state index is -0.261. The highest BCUT2D eigenvalue weighted by atomic mass is 16.3. The number of allylic oxidation sites excluding steroid dienone is 2. The Labute approximate surface area is 100 Å². The van der Waals surface area contributed by atoms with E-state index >= 15 is 0 Å².